The molecule has 4 N–H and O–H groups in total. The van der Waals surface area contributed by atoms with Gasteiger partial charge in [-0.05, 0) is 34.7 Å². The highest BCUT2D eigenvalue weighted by molar-refractivity contribution is 7.14. The highest BCUT2D eigenvalue weighted by Gasteiger charge is 2.14. The predicted octanol–water partition coefficient (Wildman–Crippen LogP) is 3.29. The summed E-state index contributed by atoms with van der Waals surface area (Å²) in [7, 11) is 0. The van der Waals surface area contributed by atoms with Crippen molar-refractivity contribution >= 4 is 38.9 Å². The molecule has 2 amide bonds. The van der Waals surface area contributed by atoms with E-state index in [0.29, 0.717) is 10.6 Å². The summed E-state index contributed by atoms with van der Waals surface area (Å²) in [5.74, 6) is -0.759. The van der Waals surface area contributed by atoms with Gasteiger partial charge < -0.3 is 16.4 Å². The van der Waals surface area contributed by atoms with Gasteiger partial charge in [0.15, 0.2) is 0 Å². The fourth-order valence-corrected chi connectivity index (χ4v) is 3.56. The molecular weight excluding hydrogens is 334 g/mol. The SMILES string of the molecule is C[C@H](NCC(=O)Nc1sccc1C(N)=O)c1cccc2ccccc12. The zero-order valence-corrected chi connectivity index (χ0v) is 14.6. The Morgan fingerprint density at radius 3 is 2.68 bits per heavy atom. The van der Waals surface area contributed by atoms with Crippen molar-refractivity contribution in [3.8, 4) is 0 Å². The fourth-order valence-electron chi connectivity index (χ4n) is 2.75. The molecule has 0 aliphatic rings. The van der Waals surface area contributed by atoms with Crippen LogP contribution >= 0.6 is 11.3 Å². The number of primary amides is 1. The Labute approximate surface area is 149 Å². The van der Waals surface area contributed by atoms with Crippen LogP contribution in [0, 0.1) is 0 Å². The Balaban J connectivity index is 1.65. The average Bonchev–Trinajstić information content (AvgIpc) is 3.07. The van der Waals surface area contributed by atoms with Crippen molar-refractivity contribution in [2.75, 3.05) is 11.9 Å². The maximum Gasteiger partial charge on any atom is 0.251 e. The van der Waals surface area contributed by atoms with Gasteiger partial charge in [0.25, 0.3) is 5.91 Å². The Bertz CT molecular complexity index is 914. The smallest absolute Gasteiger partial charge is 0.251 e. The number of fused-ring (bicyclic) bond motifs is 1. The Morgan fingerprint density at radius 1 is 1.12 bits per heavy atom. The standard InChI is InChI=1S/C19H19N3O2S/c1-12(14-8-4-6-13-5-2-3-7-15(13)14)21-11-17(23)22-19-16(18(20)24)9-10-25-19/h2-10,12,21H,11H2,1H3,(H2,20,24)(H,22,23)/t12-/m0/s1. The van der Waals surface area contributed by atoms with Crippen LogP contribution in [-0.4, -0.2) is 18.4 Å². The number of hydrogen-bond acceptors (Lipinski definition) is 4. The van der Waals surface area contributed by atoms with Crippen molar-refractivity contribution in [3.63, 3.8) is 0 Å². The van der Waals surface area contributed by atoms with Crippen molar-refractivity contribution in [2.45, 2.75) is 13.0 Å². The van der Waals surface area contributed by atoms with Gasteiger partial charge in [0.05, 0.1) is 12.1 Å². The molecule has 0 fully saturated rings. The summed E-state index contributed by atoms with van der Waals surface area (Å²) in [5.41, 5.74) is 6.76. The molecule has 0 spiro atoms. The third-order valence-electron chi connectivity index (χ3n) is 4.04. The van der Waals surface area contributed by atoms with Crippen LogP contribution < -0.4 is 16.4 Å². The summed E-state index contributed by atoms with van der Waals surface area (Å²) in [5, 5.41) is 10.5. The monoisotopic (exact) mass is 353 g/mol. The zero-order valence-electron chi connectivity index (χ0n) is 13.8. The molecule has 0 radical (unpaired) electrons. The van der Waals surface area contributed by atoms with E-state index in [1.807, 2.05) is 25.1 Å². The van der Waals surface area contributed by atoms with E-state index in [0.717, 1.165) is 5.56 Å². The Kier molecular flexibility index (Phi) is 5.11. The van der Waals surface area contributed by atoms with Crippen molar-refractivity contribution < 1.29 is 9.59 Å². The fraction of sp³-hybridized carbons (Fsp3) is 0.158. The molecule has 25 heavy (non-hydrogen) atoms. The second kappa shape index (κ2) is 7.46. The van der Waals surface area contributed by atoms with Gasteiger partial charge in [0.2, 0.25) is 5.91 Å². The highest BCUT2D eigenvalue weighted by atomic mass is 32.1. The first-order valence-electron chi connectivity index (χ1n) is 7.94. The summed E-state index contributed by atoms with van der Waals surface area (Å²) in [6, 6.07) is 15.9. The van der Waals surface area contributed by atoms with Crippen LogP contribution in [0.2, 0.25) is 0 Å². The van der Waals surface area contributed by atoms with Crippen molar-refractivity contribution in [2.24, 2.45) is 5.73 Å². The first kappa shape index (κ1) is 17.1. The second-order valence-electron chi connectivity index (χ2n) is 5.75. The van der Waals surface area contributed by atoms with Gasteiger partial charge >= 0.3 is 0 Å². The average molecular weight is 353 g/mol. The van der Waals surface area contributed by atoms with Crippen molar-refractivity contribution in [1.82, 2.24) is 5.32 Å². The summed E-state index contributed by atoms with van der Waals surface area (Å²) in [6.07, 6.45) is 0. The number of rotatable bonds is 6. The molecule has 6 heteroatoms. The lowest BCUT2D eigenvalue weighted by atomic mass is 10.00. The van der Waals surface area contributed by atoms with Crippen LogP contribution in [-0.2, 0) is 4.79 Å². The summed E-state index contributed by atoms with van der Waals surface area (Å²) in [6.45, 7) is 2.16. The van der Waals surface area contributed by atoms with Crippen LogP contribution in [0.5, 0.6) is 0 Å². The molecule has 1 aromatic heterocycles. The predicted molar refractivity (Wildman–Crippen MR) is 102 cm³/mol. The van der Waals surface area contributed by atoms with Gasteiger partial charge in [-0.1, -0.05) is 42.5 Å². The van der Waals surface area contributed by atoms with E-state index in [4.69, 9.17) is 5.73 Å². The molecule has 3 rings (SSSR count). The lowest BCUT2D eigenvalue weighted by molar-refractivity contribution is -0.115. The summed E-state index contributed by atoms with van der Waals surface area (Å²) < 4.78 is 0. The van der Waals surface area contributed by atoms with Gasteiger partial charge in [-0.25, -0.2) is 0 Å². The molecule has 5 nitrogen and oxygen atoms in total. The Morgan fingerprint density at radius 2 is 1.88 bits per heavy atom. The molecular formula is C19H19N3O2S. The van der Waals surface area contributed by atoms with Gasteiger partial charge in [-0.2, -0.15) is 0 Å². The third kappa shape index (κ3) is 3.87. The van der Waals surface area contributed by atoms with Gasteiger partial charge in [-0.3, -0.25) is 9.59 Å². The van der Waals surface area contributed by atoms with Gasteiger partial charge in [0.1, 0.15) is 5.00 Å². The van der Waals surface area contributed by atoms with Gasteiger partial charge in [-0.15, -0.1) is 11.3 Å². The van der Waals surface area contributed by atoms with E-state index in [1.165, 1.54) is 22.1 Å². The zero-order chi connectivity index (χ0) is 17.8. The van der Waals surface area contributed by atoms with E-state index in [1.54, 1.807) is 11.4 Å². The first-order chi connectivity index (χ1) is 12.1. The summed E-state index contributed by atoms with van der Waals surface area (Å²) >= 11 is 1.28. The number of carbonyl (C=O) groups excluding carboxylic acids is 2. The summed E-state index contributed by atoms with van der Waals surface area (Å²) in [4.78, 5) is 23.5. The Hall–Kier alpha value is -2.70. The van der Waals surface area contributed by atoms with Crippen LogP contribution in [0.15, 0.2) is 53.9 Å². The van der Waals surface area contributed by atoms with Crippen molar-refractivity contribution in [3.05, 3.63) is 65.0 Å². The minimum Gasteiger partial charge on any atom is -0.366 e. The number of nitrogens with one attached hydrogen (secondary N) is 2. The quantitative estimate of drug-likeness (QED) is 0.636. The molecule has 0 bridgehead atoms. The number of benzene rings is 2. The molecule has 0 saturated heterocycles. The number of hydrogen-bond donors (Lipinski definition) is 3. The highest BCUT2D eigenvalue weighted by Crippen LogP contribution is 2.24. The van der Waals surface area contributed by atoms with E-state index in [2.05, 4.69) is 34.9 Å². The topological polar surface area (TPSA) is 84.2 Å². The molecule has 128 valence electrons. The number of thiophene rings is 1. The van der Waals surface area contributed by atoms with E-state index in [-0.39, 0.29) is 18.5 Å². The van der Waals surface area contributed by atoms with E-state index < -0.39 is 5.91 Å². The van der Waals surface area contributed by atoms with Gasteiger partial charge in [0, 0.05) is 6.04 Å². The minimum atomic E-state index is -0.548. The molecule has 0 aliphatic heterocycles. The normalized spacial score (nSPS) is 12.0. The second-order valence-corrected chi connectivity index (χ2v) is 6.66. The molecule has 3 aromatic rings. The van der Waals surface area contributed by atoms with Crippen LogP contribution in [0.1, 0.15) is 28.9 Å². The maximum atomic E-state index is 12.2. The molecule has 2 aromatic carbocycles. The number of amides is 2. The lowest BCUT2D eigenvalue weighted by Gasteiger charge is -2.16. The molecule has 1 atom stereocenters. The minimum absolute atomic E-state index is 0.01000. The lowest BCUT2D eigenvalue weighted by Crippen LogP contribution is -2.30. The first-order valence-corrected chi connectivity index (χ1v) is 8.82. The largest absolute Gasteiger partial charge is 0.366 e. The maximum absolute atomic E-state index is 12.2. The number of nitrogens with two attached hydrogens (primary N) is 1. The van der Waals surface area contributed by atoms with Crippen LogP contribution in [0.3, 0.4) is 0 Å². The van der Waals surface area contributed by atoms with Crippen LogP contribution in [0.25, 0.3) is 10.8 Å². The third-order valence-corrected chi connectivity index (χ3v) is 4.87. The van der Waals surface area contributed by atoms with Crippen molar-refractivity contribution in [1.29, 1.82) is 0 Å². The van der Waals surface area contributed by atoms with Crippen LogP contribution in [0.4, 0.5) is 5.00 Å². The van der Waals surface area contributed by atoms with E-state index in [9.17, 15) is 9.59 Å². The molecule has 0 saturated carbocycles. The molecule has 0 unspecified atom stereocenters. The molecule has 0 aliphatic carbocycles. The number of anilines is 1. The van der Waals surface area contributed by atoms with E-state index >= 15 is 0 Å². The molecule has 1 heterocycles. The number of carbonyl (C=O) groups is 2.